The average molecular weight is 245 g/mol. The topological polar surface area (TPSA) is 124 Å². The Balaban J connectivity index is 0. The lowest BCUT2D eigenvalue weighted by Crippen LogP contribution is -2.22. The van der Waals surface area contributed by atoms with Crippen LogP contribution in [0.3, 0.4) is 0 Å². The van der Waals surface area contributed by atoms with Crippen molar-refractivity contribution in [3.63, 3.8) is 0 Å². The number of carbonyl (C=O) groups excluding carboxylic acids is 1. The van der Waals surface area contributed by atoms with Gasteiger partial charge in [-0.1, -0.05) is 0 Å². The molecule has 96 valence electrons. The third-order valence-corrected chi connectivity index (χ3v) is 1.11. The van der Waals surface area contributed by atoms with Crippen molar-refractivity contribution in [2.75, 3.05) is 6.61 Å². The molecule has 1 heterocycles. The fraction of sp³-hybridized carbons (Fsp3) is 0.400. The van der Waals surface area contributed by atoms with E-state index in [0.29, 0.717) is 0 Å². The lowest BCUT2D eigenvalue weighted by atomic mass is 10.1. The van der Waals surface area contributed by atoms with Crippen molar-refractivity contribution in [3.8, 4) is 0 Å². The highest BCUT2D eigenvalue weighted by Crippen LogP contribution is 1.96. The second-order valence-electron chi connectivity index (χ2n) is 2.80. The summed E-state index contributed by atoms with van der Waals surface area (Å²) in [6, 6.07) is -0.546. The number of carboxylic acid groups (broad SMARTS) is 2. The first-order valence-corrected chi connectivity index (χ1v) is 4.54. The Morgan fingerprint density at radius 2 is 1.71 bits per heavy atom. The zero-order chi connectivity index (χ0) is 13.8. The largest absolute Gasteiger partial charge is 0.481 e. The molecule has 0 spiro atoms. The number of allylic oxidation sites excluding steroid dienone is 1. The van der Waals surface area contributed by atoms with Crippen LogP contribution in [0.2, 0.25) is 0 Å². The fourth-order valence-electron chi connectivity index (χ4n) is 0.613. The van der Waals surface area contributed by atoms with E-state index in [4.69, 9.17) is 24.9 Å². The highest BCUT2D eigenvalue weighted by Gasteiger charge is 2.13. The van der Waals surface area contributed by atoms with Crippen molar-refractivity contribution in [2.45, 2.75) is 19.9 Å². The Labute approximate surface area is 98.1 Å². The lowest BCUT2D eigenvalue weighted by molar-refractivity contribution is -0.135. The SMILES string of the molecule is CC(=O)O.CC(=O)O.O=C1C=CC=NC1CO. The van der Waals surface area contributed by atoms with Gasteiger partial charge in [0, 0.05) is 20.1 Å². The molecular weight excluding hydrogens is 230 g/mol. The molecule has 0 aliphatic carbocycles. The average Bonchev–Trinajstić information content (AvgIpc) is 2.16. The maximum atomic E-state index is 10.7. The van der Waals surface area contributed by atoms with Gasteiger partial charge in [0.1, 0.15) is 6.04 Å². The molecule has 0 radical (unpaired) electrons. The van der Waals surface area contributed by atoms with E-state index in [9.17, 15) is 4.79 Å². The molecule has 0 aromatic heterocycles. The van der Waals surface area contributed by atoms with Gasteiger partial charge >= 0.3 is 0 Å². The monoisotopic (exact) mass is 245 g/mol. The first kappa shape index (κ1) is 17.4. The van der Waals surface area contributed by atoms with E-state index in [1.54, 1.807) is 6.08 Å². The molecule has 1 aliphatic rings. The lowest BCUT2D eigenvalue weighted by Gasteiger charge is -2.05. The summed E-state index contributed by atoms with van der Waals surface area (Å²) in [5, 5.41) is 23.3. The minimum Gasteiger partial charge on any atom is -0.481 e. The number of aliphatic carboxylic acids is 2. The molecular formula is C10H15NO6. The summed E-state index contributed by atoms with van der Waals surface area (Å²) in [5.74, 6) is -1.79. The summed E-state index contributed by atoms with van der Waals surface area (Å²) in [6.07, 6.45) is 4.49. The summed E-state index contributed by atoms with van der Waals surface area (Å²) < 4.78 is 0. The Kier molecular flexibility index (Phi) is 10.7. The Hall–Kier alpha value is -2.02. The molecule has 0 fully saturated rings. The molecule has 0 aromatic rings. The number of carbonyl (C=O) groups is 3. The molecule has 7 heteroatoms. The molecule has 1 aliphatic heterocycles. The van der Waals surface area contributed by atoms with Gasteiger partial charge in [0.25, 0.3) is 11.9 Å². The standard InChI is InChI=1S/C6H7NO2.2C2H4O2/c8-4-5-6(9)2-1-3-7-5;2*1-2(3)4/h1-3,5,8H,4H2;2*1H3,(H,3,4). The maximum Gasteiger partial charge on any atom is 0.300 e. The van der Waals surface area contributed by atoms with Crippen LogP contribution in [-0.4, -0.2) is 51.9 Å². The highest BCUT2D eigenvalue weighted by atomic mass is 16.4. The number of carboxylic acids is 2. The second kappa shape index (κ2) is 10.5. The Bertz CT molecular complexity index is 301. The van der Waals surface area contributed by atoms with Crippen molar-refractivity contribution in [2.24, 2.45) is 4.99 Å². The van der Waals surface area contributed by atoms with Crippen LogP contribution in [0.1, 0.15) is 13.8 Å². The van der Waals surface area contributed by atoms with Gasteiger partial charge in [-0.3, -0.25) is 19.4 Å². The Morgan fingerprint density at radius 3 is 1.94 bits per heavy atom. The quantitative estimate of drug-likeness (QED) is 0.584. The summed E-state index contributed by atoms with van der Waals surface area (Å²) in [6.45, 7) is 1.97. The third-order valence-electron chi connectivity index (χ3n) is 1.11. The van der Waals surface area contributed by atoms with Gasteiger partial charge in [0.15, 0.2) is 5.78 Å². The third kappa shape index (κ3) is 16.6. The molecule has 0 amide bonds. The van der Waals surface area contributed by atoms with E-state index >= 15 is 0 Å². The molecule has 3 N–H and O–H groups in total. The molecule has 1 unspecified atom stereocenters. The number of aliphatic imine (C=N–C) groups is 1. The van der Waals surface area contributed by atoms with Gasteiger partial charge < -0.3 is 15.3 Å². The van der Waals surface area contributed by atoms with Crippen LogP contribution < -0.4 is 0 Å². The molecule has 1 atom stereocenters. The fourth-order valence-corrected chi connectivity index (χ4v) is 0.613. The number of nitrogens with zero attached hydrogens (tertiary/aromatic N) is 1. The van der Waals surface area contributed by atoms with Gasteiger partial charge in [-0.25, -0.2) is 0 Å². The first-order valence-electron chi connectivity index (χ1n) is 4.54. The van der Waals surface area contributed by atoms with Crippen molar-refractivity contribution in [1.82, 2.24) is 0 Å². The van der Waals surface area contributed by atoms with Gasteiger partial charge in [0.05, 0.1) is 6.61 Å². The molecule has 0 bridgehead atoms. The van der Waals surface area contributed by atoms with Crippen LogP contribution in [-0.2, 0) is 14.4 Å². The summed E-state index contributed by atoms with van der Waals surface area (Å²) in [7, 11) is 0. The molecule has 7 nitrogen and oxygen atoms in total. The van der Waals surface area contributed by atoms with Crippen LogP contribution >= 0.6 is 0 Å². The summed E-state index contributed by atoms with van der Waals surface area (Å²) in [4.78, 5) is 32.4. The minimum absolute atomic E-state index is 0.125. The summed E-state index contributed by atoms with van der Waals surface area (Å²) in [5.41, 5.74) is 0. The smallest absolute Gasteiger partial charge is 0.300 e. The number of hydrogen-bond acceptors (Lipinski definition) is 5. The predicted molar refractivity (Wildman–Crippen MR) is 60.1 cm³/mol. The minimum atomic E-state index is -0.833. The number of aliphatic hydroxyl groups is 1. The zero-order valence-electron chi connectivity index (χ0n) is 9.53. The Morgan fingerprint density at radius 1 is 1.29 bits per heavy atom. The van der Waals surface area contributed by atoms with Gasteiger partial charge in [-0.05, 0) is 12.2 Å². The normalized spacial score (nSPS) is 16.2. The second-order valence-corrected chi connectivity index (χ2v) is 2.80. The van der Waals surface area contributed by atoms with Gasteiger partial charge in [-0.15, -0.1) is 0 Å². The van der Waals surface area contributed by atoms with Crippen molar-refractivity contribution in [3.05, 3.63) is 12.2 Å². The van der Waals surface area contributed by atoms with E-state index < -0.39 is 18.0 Å². The molecule has 17 heavy (non-hydrogen) atoms. The van der Waals surface area contributed by atoms with Crippen LogP contribution in [0.15, 0.2) is 17.1 Å². The van der Waals surface area contributed by atoms with E-state index in [1.807, 2.05) is 0 Å². The number of hydrogen-bond donors (Lipinski definition) is 3. The number of aliphatic hydroxyl groups excluding tert-OH is 1. The van der Waals surface area contributed by atoms with Crippen molar-refractivity contribution < 1.29 is 29.7 Å². The van der Waals surface area contributed by atoms with E-state index in [-0.39, 0.29) is 12.4 Å². The van der Waals surface area contributed by atoms with Crippen LogP contribution in [0.25, 0.3) is 0 Å². The van der Waals surface area contributed by atoms with E-state index in [2.05, 4.69) is 4.99 Å². The zero-order valence-corrected chi connectivity index (χ0v) is 9.53. The number of rotatable bonds is 1. The molecule has 1 rings (SSSR count). The first-order chi connectivity index (χ1) is 7.81. The predicted octanol–water partition coefficient (Wildman–Crippen LogP) is -0.261. The van der Waals surface area contributed by atoms with Crippen LogP contribution in [0.5, 0.6) is 0 Å². The van der Waals surface area contributed by atoms with Gasteiger partial charge in [-0.2, -0.15) is 0 Å². The van der Waals surface area contributed by atoms with Crippen LogP contribution in [0.4, 0.5) is 0 Å². The number of ketones is 1. The molecule has 0 saturated carbocycles. The number of dihydropyridines is 1. The van der Waals surface area contributed by atoms with Crippen molar-refractivity contribution >= 4 is 23.9 Å². The summed E-state index contributed by atoms with van der Waals surface area (Å²) >= 11 is 0. The van der Waals surface area contributed by atoms with Crippen molar-refractivity contribution in [1.29, 1.82) is 0 Å². The van der Waals surface area contributed by atoms with Gasteiger partial charge in [0.2, 0.25) is 0 Å². The van der Waals surface area contributed by atoms with E-state index in [1.165, 1.54) is 12.3 Å². The maximum absolute atomic E-state index is 10.7. The molecule has 0 aromatic carbocycles. The molecule has 0 saturated heterocycles. The van der Waals surface area contributed by atoms with E-state index in [0.717, 1.165) is 13.8 Å². The highest BCUT2D eigenvalue weighted by molar-refractivity contribution is 6.00. The van der Waals surface area contributed by atoms with Crippen LogP contribution in [0, 0.1) is 0 Å².